The number of hydrogen-bond acceptors (Lipinski definition) is 7. The summed E-state index contributed by atoms with van der Waals surface area (Å²) in [6, 6.07) is 5.46. The molecule has 0 fully saturated rings. The molecule has 1 aliphatic heterocycles. The first-order valence-electron chi connectivity index (χ1n) is 10.2. The van der Waals surface area contributed by atoms with Gasteiger partial charge in [0, 0.05) is 36.6 Å². The van der Waals surface area contributed by atoms with Gasteiger partial charge in [-0.25, -0.2) is 23.1 Å². The number of aromatic nitrogens is 2. The molecule has 33 heavy (non-hydrogen) atoms. The number of aliphatic hydroxyl groups excluding tert-OH is 1. The molecular weight excluding hydrogens is 439 g/mol. The third kappa shape index (κ3) is 4.85. The van der Waals surface area contributed by atoms with Crippen LogP contribution in [0.4, 0.5) is 18.9 Å². The number of amidine groups is 1. The van der Waals surface area contributed by atoms with Crippen molar-refractivity contribution in [2.24, 2.45) is 4.99 Å². The molecule has 3 heterocycles. The van der Waals surface area contributed by atoms with Gasteiger partial charge in [0.05, 0.1) is 24.6 Å². The molecule has 172 valence electrons. The highest BCUT2D eigenvalue weighted by atomic mass is 19.1. The van der Waals surface area contributed by atoms with Crippen molar-refractivity contribution in [2.45, 2.75) is 24.9 Å². The number of unbranched alkanes of at least 4 members (excludes halogenated alkanes) is 1. The molecule has 11 heteroatoms. The molecule has 0 radical (unpaired) electrons. The Hall–Kier alpha value is -3.78. The van der Waals surface area contributed by atoms with Crippen molar-refractivity contribution >= 4 is 22.7 Å². The maximum atomic E-state index is 14.8. The van der Waals surface area contributed by atoms with Crippen LogP contribution in [0.1, 0.15) is 18.4 Å². The monoisotopic (exact) mass is 459 g/mol. The molecule has 0 unspecified atom stereocenters. The van der Waals surface area contributed by atoms with Gasteiger partial charge >= 0.3 is 0 Å². The number of hydrogen-bond donors (Lipinski definition) is 3. The lowest BCUT2D eigenvalue weighted by Gasteiger charge is -2.26. The van der Waals surface area contributed by atoms with Crippen LogP contribution in [-0.4, -0.2) is 46.5 Å². The SMILES string of the molecule is N#CCCCc1c[nH]c2nccc(Oc3c(F)cc(NC4=NC[C@@](F)(CO)CO4)cc3F)c12. The second kappa shape index (κ2) is 9.38. The Morgan fingerprint density at radius 1 is 1.33 bits per heavy atom. The molecule has 0 bridgehead atoms. The van der Waals surface area contributed by atoms with Gasteiger partial charge in [-0.05, 0) is 24.5 Å². The summed E-state index contributed by atoms with van der Waals surface area (Å²) in [6.45, 7) is -1.53. The summed E-state index contributed by atoms with van der Waals surface area (Å²) in [4.78, 5) is 11.0. The average Bonchev–Trinajstić information content (AvgIpc) is 3.22. The normalized spacial score (nSPS) is 17.8. The first-order chi connectivity index (χ1) is 15.9. The van der Waals surface area contributed by atoms with Gasteiger partial charge in [-0.2, -0.15) is 5.26 Å². The minimum atomic E-state index is -1.99. The molecule has 3 N–H and O–H groups in total. The average molecular weight is 459 g/mol. The number of nitrogens with zero attached hydrogens (tertiary/aromatic N) is 3. The van der Waals surface area contributed by atoms with Crippen LogP contribution < -0.4 is 10.1 Å². The summed E-state index contributed by atoms with van der Waals surface area (Å²) < 4.78 is 54.2. The quantitative estimate of drug-likeness (QED) is 0.461. The van der Waals surface area contributed by atoms with E-state index >= 15 is 0 Å². The first kappa shape index (κ1) is 22.4. The first-order valence-corrected chi connectivity index (χ1v) is 10.2. The van der Waals surface area contributed by atoms with Crippen molar-refractivity contribution in [3.05, 3.63) is 47.8 Å². The van der Waals surface area contributed by atoms with Crippen LogP contribution >= 0.6 is 0 Å². The predicted molar refractivity (Wildman–Crippen MR) is 114 cm³/mol. The topological polar surface area (TPSA) is 116 Å². The molecule has 0 amide bonds. The number of nitriles is 1. The van der Waals surface area contributed by atoms with E-state index in [4.69, 9.17) is 19.8 Å². The molecule has 0 spiro atoms. The fourth-order valence-corrected chi connectivity index (χ4v) is 3.37. The molecule has 2 aromatic heterocycles. The van der Waals surface area contributed by atoms with E-state index in [9.17, 15) is 13.2 Å². The van der Waals surface area contributed by atoms with Crippen molar-refractivity contribution in [3.8, 4) is 17.6 Å². The smallest absolute Gasteiger partial charge is 0.289 e. The third-order valence-electron chi connectivity index (χ3n) is 5.07. The van der Waals surface area contributed by atoms with E-state index in [0.29, 0.717) is 30.3 Å². The number of ether oxygens (including phenoxy) is 2. The number of aliphatic hydroxyl groups is 1. The van der Waals surface area contributed by atoms with Crippen molar-refractivity contribution < 1.29 is 27.8 Å². The fraction of sp³-hybridized carbons (Fsp3) is 0.318. The molecule has 0 saturated heterocycles. The summed E-state index contributed by atoms with van der Waals surface area (Å²) in [7, 11) is 0. The predicted octanol–water partition coefficient (Wildman–Crippen LogP) is 3.98. The number of pyridine rings is 1. The Balaban J connectivity index is 1.56. The molecule has 3 aromatic rings. The van der Waals surface area contributed by atoms with Crippen molar-refractivity contribution in [3.63, 3.8) is 0 Å². The van der Waals surface area contributed by atoms with Gasteiger partial charge < -0.3 is 24.9 Å². The zero-order valence-electron chi connectivity index (χ0n) is 17.4. The number of nitrogens with one attached hydrogen (secondary N) is 2. The number of fused-ring (bicyclic) bond motifs is 1. The highest BCUT2D eigenvalue weighted by molar-refractivity contribution is 5.90. The van der Waals surface area contributed by atoms with Crippen LogP contribution in [0.3, 0.4) is 0 Å². The zero-order chi connectivity index (χ0) is 23.4. The highest BCUT2D eigenvalue weighted by Crippen LogP contribution is 2.35. The number of anilines is 1. The van der Waals surface area contributed by atoms with E-state index in [2.05, 4.69) is 26.3 Å². The highest BCUT2D eigenvalue weighted by Gasteiger charge is 2.34. The van der Waals surface area contributed by atoms with Gasteiger partial charge in [-0.15, -0.1) is 0 Å². The molecule has 8 nitrogen and oxygen atoms in total. The number of aryl methyl sites for hydroxylation is 1. The lowest BCUT2D eigenvalue weighted by Crippen LogP contribution is -2.43. The molecule has 1 aromatic carbocycles. The third-order valence-corrected chi connectivity index (χ3v) is 5.07. The molecule has 1 aliphatic rings. The van der Waals surface area contributed by atoms with Crippen molar-refractivity contribution in [2.75, 3.05) is 25.1 Å². The minimum absolute atomic E-state index is 0.00910. The molecule has 0 saturated carbocycles. The number of H-pyrrole nitrogens is 1. The Bertz CT molecular complexity index is 1220. The second-order valence-electron chi connectivity index (χ2n) is 7.57. The van der Waals surface area contributed by atoms with E-state index < -0.39 is 36.3 Å². The van der Waals surface area contributed by atoms with Gasteiger partial charge in [0.2, 0.25) is 0 Å². The summed E-state index contributed by atoms with van der Waals surface area (Å²) in [5, 5.41) is 20.9. The molecule has 0 aliphatic carbocycles. The Labute approximate surface area is 186 Å². The van der Waals surface area contributed by atoms with E-state index in [1.165, 1.54) is 12.3 Å². The lowest BCUT2D eigenvalue weighted by atomic mass is 10.1. The number of aromatic amines is 1. The van der Waals surface area contributed by atoms with Gasteiger partial charge in [0.25, 0.3) is 6.02 Å². The van der Waals surface area contributed by atoms with Crippen LogP contribution in [0.2, 0.25) is 0 Å². The summed E-state index contributed by atoms with van der Waals surface area (Å²) in [5.74, 6) is -2.34. The molecule has 1 atom stereocenters. The standard InChI is InChI=1S/C22H20F3N5O3/c23-15-7-14(30-21-29-10-22(25,11-31)12-32-21)8-16(24)19(15)33-17-4-6-27-20-18(17)13(9-28-20)3-1-2-5-26/h4,6-9,31H,1-3,10-12H2,(H,27,28)(H,29,30)/t22-/m1/s1. The summed E-state index contributed by atoms with van der Waals surface area (Å²) in [5.41, 5.74) is -0.675. The van der Waals surface area contributed by atoms with E-state index in [1.54, 1.807) is 6.20 Å². The molecular formula is C22H20F3N5O3. The zero-order valence-corrected chi connectivity index (χ0v) is 17.4. The largest absolute Gasteiger partial charge is 0.461 e. The van der Waals surface area contributed by atoms with Crippen molar-refractivity contribution in [1.29, 1.82) is 5.26 Å². The van der Waals surface area contributed by atoms with E-state index in [1.807, 2.05) is 0 Å². The van der Waals surface area contributed by atoms with Gasteiger partial charge in [0.1, 0.15) is 18.0 Å². The van der Waals surface area contributed by atoms with Gasteiger partial charge in [0.15, 0.2) is 23.1 Å². The van der Waals surface area contributed by atoms with Gasteiger partial charge in [-0.3, -0.25) is 0 Å². The summed E-state index contributed by atoms with van der Waals surface area (Å²) in [6.07, 6.45) is 4.75. The summed E-state index contributed by atoms with van der Waals surface area (Å²) >= 11 is 0. The van der Waals surface area contributed by atoms with Crippen LogP contribution in [-0.2, 0) is 11.2 Å². The number of halogens is 3. The number of alkyl halides is 1. The number of rotatable bonds is 7. The Morgan fingerprint density at radius 2 is 2.12 bits per heavy atom. The van der Waals surface area contributed by atoms with E-state index in [-0.39, 0.29) is 24.0 Å². The Morgan fingerprint density at radius 3 is 2.79 bits per heavy atom. The maximum absolute atomic E-state index is 14.8. The van der Waals surface area contributed by atoms with Crippen LogP contribution in [0, 0.1) is 23.0 Å². The van der Waals surface area contributed by atoms with Gasteiger partial charge in [-0.1, -0.05) is 0 Å². The number of aliphatic imine (C=N–C) groups is 1. The fourth-order valence-electron chi connectivity index (χ4n) is 3.37. The van der Waals surface area contributed by atoms with Crippen LogP contribution in [0.25, 0.3) is 11.0 Å². The van der Waals surface area contributed by atoms with Crippen LogP contribution in [0.15, 0.2) is 35.6 Å². The maximum Gasteiger partial charge on any atom is 0.289 e. The molecule has 4 rings (SSSR count). The van der Waals surface area contributed by atoms with E-state index in [0.717, 1.165) is 17.7 Å². The lowest BCUT2D eigenvalue weighted by molar-refractivity contribution is 0.0181. The van der Waals surface area contributed by atoms with Crippen LogP contribution in [0.5, 0.6) is 11.5 Å². The second-order valence-corrected chi connectivity index (χ2v) is 7.57. The van der Waals surface area contributed by atoms with Crippen molar-refractivity contribution in [1.82, 2.24) is 9.97 Å². The number of benzene rings is 1. The minimum Gasteiger partial charge on any atom is -0.461 e. The Kier molecular flexibility index (Phi) is 6.37.